The van der Waals surface area contributed by atoms with Gasteiger partial charge in [0.2, 0.25) is 0 Å². The SMILES string of the molecule is COc1ccc(-c2[nH]cnc2C#N)cc1C(C)(C)C. The molecule has 0 unspecified atom stereocenters. The van der Waals surface area contributed by atoms with Crippen LogP contribution in [-0.4, -0.2) is 17.1 Å². The number of hydrogen-bond acceptors (Lipinski definition) is 3. The van der Waals surface area contributed by atoms with Gasteiger partial charge in [-0.15, -0.1) is 0 Å². The van der Waals surface area contributed by atoms with Crippen molar-refractivity contribution in [1.82, 2.24) is 9.97 Å². The van der Waals surface area contributed by atoms with E-state index in [-0.39, 0.29) is 5.41 Å². The van der Waals surface area contributed by atoms with Crippen molar-refractivity contribution in [3.05, 3.63) is 35.8 Å². The first-order valence-electron chi connectivity index (χ1n) is 6.09. The molecule has 98 valence electrons. The molecule has 1 aromatic carbocycles. The molecular formula is C15H17N3O. The zero-order chi connectivity index (χ0) is 14.0. The summed E-state index contributed by atoms with van der Waals surface area (Å²) < 4.78 is 5.41. The van der Waals surface area contributed by atoms with Gasteiger partial charge in [-0.05, 0) is 23.6 Å². The van der Waals surface area contributed by atoms with Crippen LogP contribution in [-0.2, 0) is 5.41 Å². The van der Waals surface area contributed by atoms with E-state index in [9.17, 15) is 0 Å². The zero-order valence-electron chi connectivity index (χ0n) is 11.6. The normalized spacial score (nSPS) is 11.1. The van der Waals surface area contributed by atoms with Gasteiger partial charge in [-0.25, -0.2) is 4.98 Å². The molecule has 0 saturated carbocycles. The van der Waals surface area contributed by atoms with Crippen LogP contribution in [0.2, 0.25) is 0 Å². The number of benzene rings is 1. The first-order valence-corrected chi connectivity index (χ1v) is 6.09. The molecular weight excluding hydrogens is 238 g/mol. The minimum atomic E-state index is -0.0336. The number of aromatic amines is 1. The van der Waals surface area contributed by atoms with Crippen LogP contribution in [0.3, 0.4) is 0 Å². The zero-order valence-corrected chi connectivity index (χ0v) is 11.6. The van der Waals surface area contributed by atoms with Crippen LogP contribution >= 0.6 is 0 Å². The van der Waals surface area contributed by atoms with Crippen molar-refractivity contribution in [2.75, 3.05) is 7.11 Å². The van der Waals surface area contributed by atoms with Crippen molar-refractivity contribution in [2.45, 2.75) is 26.2 Å². The van der Waals surface area contributed by atoms with Crippen LogP contribution in [0.25, 0.3) is 11.3 Å². The highest BCUT2D eigenvalue weighted by Crippen LogP contribution is 2.34. The fourth-order valence-corrected chi connectivity index (χ4v) is 2.05. The molecule has 0 atom stereocenters. The van der Waals surface area contributed by atoms with Gasteiger partial charge in [0, 0.05) is 11.1 Å². The highest BCUT2D eigenvalue weighted by Gasteiger charge is 2.20. The second-order valence-corrected chi connectivity index (χ2v) is 5.40. The largest absolute Gasteiger partial charge is 0.496 e. The first-order chi connectivity index (χ1) is 8.97. The average molecular weight is 255 g/mol. The summed E-state index contributed by atoms with van der Waals surface area (Å²) in [5.41, 5.74) is 3.17. The maximum Gasteiger partial charge on any atom is 0.166 e. The van der Waals surface area contributed by atoms with Crippen molar-refractivity contribution in [2.24, 2.45) is 0 Å². The van der Waals surface area contributed by atoms with E-state index >= 15 is 0 Å². The van der Waals surface area contributed by atoms with E-state index in [0.717, 1.165) is 22.6 Å². The predicted octanol–water partition coefficient (Wildman–Crippen LogP) is 3.25. The first kappa shape index (κ1) is 13.2. The standard InChI is InChI=1S/C15H17N3O/c1-15(2,3)11-7-10(5-6-13(11)19-4)14-12(8-16)17-9-18-14/h5-7,9H,1-4H3,(H,17,18). The molecule has 0 radical (unpaired) electrons. The third-order valence-corrected chi connectivity index (χ3v) is 3.04. The number of nitrogens with one attached hydrogen (secondary N) is 1. The second-order valence-electron chi connectivity index (χ2n) is 5.40. The molecule has 0 aliphatic rings. The van der Waals surface area contributed by atoms with E-state index in [0.29, 0.717) is 5.69 Å². The Kier molecular flexibility index (Phi) is 3.30. The number of nitrogens with zero attached hydrogens (tertiary/aromatic N) is 2. The minimum Gasteiger partial charge on any atom is -0.496 e. The highest BCUT2D eigenvalue weighted by molar-refractivity contribution is 5.67. The molecule has 0 bridgehead atoms. The number of hydrogen-bond donors (Lipinski definition) is 1. The lowest BCUT2D eigenvalue weighted by Crippen LogP contribution is -2.13. The minimum absolute atomic E-state index is 0.0336. The molecule has 0 fully saturated rings. The maximum atomic E-state index is 9.04. The van der Waals surface area contributed by atoms with Crippen LogP contribution in [0.5, 0.6) is 5.75 Å². The average Bonchev–Trinajstić information content (AvgIpc) is 2.85. The van der Waals surface area contributed by atoms with Gasteiger partial charge in [-0.1, -0.05) is 20.8 Å². The molecule has 0 amide bonds. The molecule has 4 nitrogen and oxygen atoms in total. The third-order valence-electron chi connectivity index (χ3n) is 3.04. The molecule has 2 rings (SSSR count). The van der Waals surface area contributed by atoms with Gasteiger partial charge in [-0.3, -0.25) is 0 Å². The monoisotopic (exact) mass is 255 g/mol. The molecule has 2 aromatic rings. The van der Waals surface area contributed by atoms with Crippen LogP contribution in [0.15, 0.2) is 24.5 Å². The van der Waals surface area contributed by atoms with Crippen molar-refractivity contribution >= 4 is 0 Å². The van der Waals surface area contributed by atoms with E-state index in [2.05, 4.69) is 36.8 Å². The van der Waals surface area contributed by atoms with E-state index in [1.165, 1.54) is 6.33 Å². The maximum absolute atomic E-state index is 9.04. The summed E-state index contributed by atoms with van der Waals surface area (Å²) in [6, 6.07) is 8.00. The summed E-state index contributed by atoms with van der Waals surface area (Å²) in [6.45, 7) is 6.40. The lowest BCUT2D eigenvalue weighted by Gasteiger charge is -2.22. The summed E-state index contributed by atoms with van der Waals surface area (Å²) in [6.07, 6.45) is 1.54. The lowest BCUT2D eigenvalue weighted by atomic mass is 9.85. The Hall–Kier alpha value is -2.28. The summed E-state index contributed by atoms with van der Waals surface area (Å²) in [7, 11) is 1.67. The smallest absolute Gasteiger partial charge is 0.166 e. The van der Waals surface area contributed by atoms with Gasteiger partial charge < -0.3 is 9.72 Å². The van der Waals surface area contributed by atoms with Gasteiger partial charge in [-0.2, -0.15) is 5.26 Å². The van der Waals surface area contributed by atoms with Crippen LogP contribution in [0, 0.1) is 11.3 Å². The Morgan fingerprint density at radius 1 is 1.32 bits per heavy atom. The number of ether oxygens (including phenoxy) is 1. The molecule has 0 aliphatic heterocycles. The fraction of sp³-hybridized carbons (Fsp3) is 0.333. The molecule has 1 aromatic heterocycles. The number of H-pyrrole nitrogens is 1. The van der Waals surface area contributed by atoms with Crippen LogP contribution in [0.1, 0.15) is 32.0 Å². The fourth-order valence-electron chi connectivity index (χ4n) is 2.05. The van der Waals surface area contributed by atoms with Crippen molar-refractivity contribution in [3.63, 3.8) is 0 Å². The Morgan fingerprint density at radius 3 is 2.63 bits per heavy atom. The van der Waals surface area contributed by atoms with Gasteiger partial charge in [0.05, 0.1) is 19.1 Å². The van der Waals surface area contributed by atoms with E-state index in [1.54, 1.807) is 7.11 Å². The Balaban J connectivity index is 2.59. The topological polar surface area (TPSA) is 61.7 Å². The number of methoxy groups -OCH3 is 1. The van der Waals surface area contributed by atoms with E-state index in [4.69, 9.17) is 10.00 Å². The second kappa shape index (κ2) is 4.77. The third kappa shape index (κ3) is 2.45. The lowest BCUT2D eigenvalue weighted by molar-refractivity contribution is 0.397. The molecule has 1 heterocycles. The molecule has 1 N–H and O–H groups in total. The molecule has 4 heteroatoms. The summed E-state index contributed by atoms with van der Waals surface area (Å²) in [5, 5.41) is 9.04. The molecule has 19 heavy (non-hydrogen) atoms. The number of aromatic nitrogens is 2. The van der Waals surface area contributed by atoms with E-state index < -0.39 is 0 Å². The summed E-state index contributed by atoms with van der Waals surface area (Å²) in [5.74, 6) is 0.856. The summed E-state index contributed by atoms with van der Waals surface area (Å²) in [4.78, 5) is 7.01. The van der Waals surface area contributed by atoms with Crippen molar-refractivity contribution in [1.29, 1.82) is 5.26 Å². The van der Waals surface area contributed by atoms with Gasteiger partial charge in [0.15, 0.2) is 5.69 Å². The number of imidazole rings is 1. The number of nitriles is 1. The van der Waals surface area contributed by atoms with Crippen LogP contribution < -0.4 is 4.74 Å². The Morgan fingerprint density at radius 2 is 2.05 bits per heavy atom. The van der Waals surface area contributed by atoms with Crippen LogP contribution in [0.4, 0.5) is 0 Å². The molecule has 0 saturated heterocycles. The highest BCUT2D eigenvalue weighted by atomic mass is 16.5. The predicted molar refractivity (Wildman–Crippen MR) is 74.0 cm³/mol. The number of rotatable bonds is 2. The molecule has 0 aliphatic carbocycles. The van der Waals surface area contributed by atoms with E-state index in [1.807, 2.05) is 18.2 Å². The Labute approximate surface area is 113 Å². The van der Waals surface area contributed by atoms with Gasteiger partial charge in [0.25, 0.3) is 0 Å². The quantitative estimate of drug-likeness (QED) is 0.896. The molecule has 0 spiro atoms. The Bertz CT molecular complexity index is 630. The van der Waals surface area contributed by atoms with Crippen molar-refractivity contribution in [3.8, 4) is 23.1 Å². The van der Waals surface area contributed by atoms with Gasteiger partial charge in [0.1, 0.15) is 11.8 Å². The van der Waals surface area contributed by atoms with Crippen molar-refractivity contribution < 1.29 is 4.74 Å². The van der Waals surface area contributed by atoms with Gasteiger partial charge >= 0.3 is 0 Å². The summed E-state index contributed by atoms with van der Waals surface area (Å²) >= 11 is 0.